The van der Waals surface area contributed by atoms with Crippen molar-refractivity contribution in [3.63, 3.8) is 0 Å². The maximum atomic E-state index is 13.4. The lowest BCUT2D eigenvalue weighted by atomic mass is 10.2. The molecule has 0 saturated heterocycles. The summed E-state index contributed by atoms with van der Waals surface area (Å²) in [5.74, 6) is -0.0116. The van der Waals surface area contributed by atoms with Crippen molar-refractivity contribution in [3.8, 4) is 5.75 Å². The van der Waals surface area contributed by atoms with Crippen LogP contribution in [-0.4, -0.2) is 33.0 Å². The number of benzene rings is 3. The fourth-order valence-corrected chi connectivity index (χ4v) is 5.57. The third kappa shape index (κ3) is 4.17. The number of methoxy groups -OCH3 is 1. The number of nitrogens with one attached hydrogen (secondary N) is 1. The minimum Gasteiger partial charge on any atom is -0.495 e. The molecule has 0 aliphatic heterocycles. The van der Waals surface area contributed by atoms with Gasteiger partial charge in [0.1, 0.15) is 5.75 Å². The number of fused-ring (bicyclic) bond motifs is 1. The van der Waals surface area contributed by atoms with E-state index in [0.29, 0.717) is 17.0 Å². The molecule has 0 unspecified atom stereocenters. The maximum absolute atomic E-state index is 13.4. The fourth-order valence-electron chi connectivity index (χ4n) is 3.35. The molecule has 0 fully saturated rings. The molecule has 0 aliphatic rings. The van der Waals surface area contributed by atoms with Gasteiger partial charge in [0.25, 0.3) is 15.9 Å². The molecule has 9 heteroatoms. The Labute approximate surface area is 190 Å². The minimum atomic E-state index is -3.85. The number of amides is 1. The van der Waals surface area contributed by atoms with Crippen LogP contribution in [0.1, 0.15) is 17.3 Å². The first-order valence-electron chi connectivity index (χ1n) is 9.84. The number of hydrogen-bond donors (Lipinski definition) is 1. The second-order valence-corrected chi connectivity index (χ2v) is 9.61. The zero-order valence-corrected chi connectivity index (χ0v) is 19.1. The Morgan fingerprint density at radius 2 is 1.88 bits per heavy atom. The Kier molecular flexibility index (Phi) is 6.11. The van der Waals surface area contributed by atoms with Crippen LogP contribution in [0.4, 0.5) is 11.4 Å². The number of rotatable bonds is 7. The van der Waals surface area contributed by atoms with Gasteiger partial charge in [0.05, 0.1) is 39.1 Å². The van der Waals surface area contributed by atoms with Gasteiger partial charge in [-0.05, 0) is 55.5 Å². The molecule has 0 aliphatic carbocycles. The first-order valence-corrected chi connectivity index (χ1v) is 12.2. The first-order chi connectivity index (χ1) is 15.4. The summed E-state index contributed by atoms with van der Waals surface area (Å²) >= 11 is 1.44. The van der Waals surface area contributed by atoms with E-state index >= 15 is 0 Å². The number of ether oxygens (including phenoxy) is 1. The molecule has 4 aromatic rings. The normalized spacial score (nSPS) is 11.3. The largest absolute Gasteiger partial charge is 0.495 e. The summed E-state index contributed by atoms with van der Waals surface area (Å²) in [4.78, 5) is 17.1. The van der Waals surface area contributed by atoms with E-state index in [4.69, 9.17) is 4.74 Å². The van der Waals surface area contributed by atoms with Crippen LogP contribution in [0.2, 0.25) is 0 Å². The van der Waals surface area contributed by atoms with Crippen molar-refractivity contribution in [1.82, 2.24) is 4.98 Å². The van der Waals surface area contributed by atoms with Crippen molar-refractivity contribution in [2.24, 2.45) is 0 Å². The van der Waals surface area contributed by atoms with Gasteiger partial charge in [0, 0.05) is 12.1 Å². The van der Waals surface area contributed by atoms with Crippen molar-refractivity contribution in [2.75, 3.05) is 23.3 Å². The van der Waals surface area contributed by atoms with E-state index in [1.54, 1.807) is 54.9 Å². The molecule has 4 rings (SSSR count). The van der Waals surface area contributed by atoms with E-state index in [9.17, 15) is 13.2 Å². The zero-order valence-electron chi connectivity index (χ0n) is 17.5. The number of carbonyl (C=O) groups is 1. The Morgan fingerprint density at radius 3 is 2.59 bits per heavy atom. The number of sulfonamides is 1. The number of hydrogen-bond acceptors (Lipinski definition) is 6. The molecule has 0 atom stereocenters. The number of aromatic nitrogens is 1. The third-order valence-corrected chi connectivity index (χ3v) is 7.62. The van der Waals surface area contributed by atoms with Crippen LogP contribution in [0.5, 0.6) is 5.75 Å². The van der Waals surface area contributed by atoms with Crippen LogP contribution in [0.3, 0.4) is 0 Å². The Hall–Kier alpha value is -3.43. The maximum Gasteiger partial charge on any atom is 0.264 e. The average molecular weight is 468 g/mol. The predicted molar refractivity (Wildman–Crippen MR) is 127 cm³/mol. The van der Waals surface area contributed by atoms with Gasteiger partial charge < -0.3 is 10.1 Å². The van der Waals surface area contributed by atoms with Crippen molar-refractivity contribution >= 4 is 48.9 Å². The average Bonchev–Trinajstić information content (AvgIpc) is 3.28. The van der Waals surface area contributed by atoms with Crippen LogP contribution >= 0.6 is 11.3 Å². The molecule has 7 nitrogen and oxygen atoms in total. The predicted octanol–water partition coefficient (Wildman–Crippen LogP) is 4.77. The lowest BCUT2D eigenvalue weighted by Gasteiger charge is -2.23. The molecular formula is C23H21N3O4S2. The van der Waals surface area contributed by atoms with E-state index in [1.807, 2.05) is 6.07 Å². The van der Waals surface area contributed by atoms with E-state index in [0.717, 1.165) is 10.2 Å². The summed E-state index contributed by atoms with van der Waals surface area (Å²) in [6.45, 7) is 2.03. The highest BCUT2D eigenvalue weighted by molar-refractivity contribution is 7.92. The van der Waals surface area contributed by atoms with E-state index in [-0.39, 0.29) is 23.0 Å². The van der Waals surface area contributed by atoms with Gasteiger partial charge in [0.15, 0.2) is 0 Å². The highest BCUT2D eigenvalue weighted by Crippen LogP contribution is 2.31. The number of thiazole rings is 1. The van der Waals surface area contributed by atoms with Crippen molar-refractivity contribution < 1.29 is 17.9 Å². The van der Waals surface area contributed by atoms with Crippen LogP contribution < -0.4 is 14.4 Å². The van der Waals surface area contributed by atoms with Gasteiger partial charge in [-0.3, -0.25) is 9.10 Å². The second-order valence-electron chi connectivity index (χ2n) is 6.86. The van der Waals surface area contributed by atoms with E-state index in [2.05, 4.69) is 10.3 Å². The number of carbonyl (C=O) groups excluding carboxylic acids is 1. The highest BCUT2D eigenvalue weighted by atomic mass is 32.2. The molecule has 0 bridgehead atoms. The molecule has 0 radical (unpaired) electrons. The van der Waals surface area contributed by atoms with E-state index in [1.165, 1.54) is 41.0 Å². The monoisotopic (exact) mass is 467 g/mol. The topological polar surface area (TPSA) is 88.6 Å². The van der Waals surface area contributed by atoms with Gasteiger partial charge in [0.2, 0.25) is 0 Å². The number of para-hydroxylation sites is 1. The van der Waals surface area contributed by atoms with Gasteiger partial charge in [-0.2, -0.15) is 0 Å². The molecule has 1 N–H and O–H groups in total. The fraction of sp³-hybridized carbons (Fsp3) is 0.130. The molecule has 3 aromatic carbocycles. The standard InChI is InChI=1S/C23H21N3O4S2/c1-3-26(17-7-5-4-6-8-17)32(28,29)18-10-12-21(30-2)20(14-18)25-23(27)16-9-11-19-22(13-16)31-15-24-19/h4-15H,3H2,1-2H3,(H,25,27). The number of nitrogens with zero attached hydrogens (tertiary/aromatic N) is 2. The molecule has 0 spiro atoms. The second kappa shape index (κ2) is 8.97. The molecule has 1 amide bonds. The minimum absolute atomic E-state index is 0.0530. The molecular weight excluding hydrogens is 446 g/mol. The summed E-state index contributed by atoms with van der Waals surface area (Å²) in [6.07, 6.45) is 0. The van der Waals surface area contributed by atoms with Crippen LogP contribution in [-0.2, 0) is 10.0 Å². The lowest BCUT2D eigenvalue weighted by molar-refractivity contribution is 0.102. The van der Waals surface area contributed by atoms with Gasteiger partial charge >= 0.3 is 0 Å². The summed E-state index contributed by atoms with van der Waals surface area (Å²) in [7, 11) is -2.39. The molecule has 0 saturated carbocycles. The molecule has 32 heavy (non-hydrogen) atoms. The molecule has 164 valence electrons. The van der Waals surface area contributed by atoms with E-state index < -0.39 is 10.0 Å². The Morgan fingerprint density at radius 1 is 1.09 bits per heavy atom. The van der Waals surface area contributed by atoms with Gasteiger partial charge in [-0.15, -0.1) is 11.3 Å². The van der Waals surface area contributed by atoms with Crippen LogP contribution in [0.25, 0.3) is 10.2 Å². The summed E-state index contributed by atoms with van der Waals surface area (Å²) < 4.78 is 34.3. The van der Waals surface area contributed by atoms with Crippen LogP contribution in [0.15, 0.2) is 77.1 Å². The number of anilines is 2. The summed E-state index contributed by atoms with van der Waals surface area (Å²) in [5, 5.41) is 2.78. The SMILES string of the molecule is CCN(c1ccccc1)S(=O)(=O)c1ccc(OC)c(NC(=O)c2ccc3ncsc3c2)c1. The van der Waals surface area contributed by atoms with Gasteiger partial charge in [-0.1, -0.05) is 18.2 Å². The van der Waals surface area contributed by atoms with Crippen molar-refractivity contribution in [3.05, 3.63) is 77.8 Å². The third-order valence-electron chi connectivity index (χ3n) is 4.93. The Balaban J connectivity index is 1.68. The zero-order chi connectivity index (χ0) is 22.7. The van der Waals surface area contributed by atoms with Crippen molar-refractivity contribution in [2.45, 2.75) is 11.8 Å². The van der Waals surface area contributed by atoms with Gasteiger partial charge in [-0.25, -0.2) is 13.4 Å². The van der Waals surface area contributed by atoms with Crippen molar-refractivity contribution in [1.29, 1.82) is 0 Å². The van der Waals surface area contributed by atoms with Crippen LogP contribution in [0, 0.1) is 0 Å². The first kappa shape index (κ1) is 21.8. The molecule has 1 aromatic heterocycles. The Bertz CT molecular complexity index is 1370. The smallest absolute Gasteiger partial charge is 0.264 e. The summed E-state index contributed by atoms with van der Waals surface area (Å²) in [5.41, 5.74) is 3.81. The molecule has 1 heterocycles. The highest BCUT2D eigenvalue weighted by Gasteiger charge is 2.25. The quantitative estimate of drug-likeness (QED) is 0.423. The lowest BCUT2D eigenvalue weighted by Crippen LogP contribution is -2.30. The summed E-state index contributed by atoms with van der Waals surface area (Å²) in [6, 6.07) is 18.5.